The summed E-state index contributed by atoms with van der Waals surface area (Å²) in [7, 11) is 1.50. The number of benzene rings is 1. The zero-order chi connectivity index (χ0) is 11.4. The molecule has 0 aromatic heterocycles. The average Bonchev–Trinajstić information content (AvgIpc) is 2.17. The molecule has 0 heterocycles. The molecule has 4 nitrogen and oxygen atoms in total. The fourth-order valence-electron chi connectivity index (χ4n) is 1.10. The van der Waals surface area contributed by atoms with Crippen LogP contribution in [0.2, 0.25) is 0 Å². The topological polar surface area (TPSA) is 55.8 Å². The minimum absolute atomic E-state index is 0.0410. The minimum Gasteiger partial charge on any atom is -0.497 e. The maximum atomic E-state index is 11.0. The van der Waals surface area contributed by atoms with Crippen LogP contribution in [0.4, 0.5) is 0 Å². The smallest absolute Gasteiger partial charge is 0.190 e. The van der Waals surface area contributed by atoms with Gasteiger partial charge in [0, 0.05) is 6.07 Å². The summed E-state index contributed by atoms with van der Waals surface area (Å²) in [5, 5.41) is 0. The van der Waals surface area contributed by atoms with E-state index in [1.54, 1.807) is 12.1 Å². The molecule has 84 valence electrons. The summed E-state index contributed by atoms with van der Waals surface area (Å²) in [6.07, 6.45) is -0.0410. The van der Waals surface area contributed by atoms with Crippen LogP contribution in [0.15, 0.2) is 23.1 Å². The molecule has 0 aliphatic rings. The standard InChI is InChI=1S/C10H14O4S/c1-7(2)14-9-5-4-8(13-3)6-10(9)15(11)12/h4-7H,1-3H3,(H,11,12). The second-order valence-corrected chi connectivity index (χ2v) is 4.17. The van der Waals surface area contributed by atoms with E-state index >= 15 is 0 Å². The Morgan fingerprint density at radius 3 is 2.53 bits per heavy atom. The summed E-state index contributed by atoms with van der Waals surface area (Å²) in [4.78, 5) is 0.225. The first-order valence-corrected chi connectivity index (χ1v) is 5.61. The Kier molecular flexibility index (Phi) is 4.11. The highest BCUT2D eigenvalue weighted by molar-refractivity contribution is 7.79. The van der Waals surface area contributed by atoms with E-state index in [4.69, 9.17) is 14.0 Å². The molecule has 1 atom stereocenters. The molecule has 1 aromatic carbocycles. The summed E-state index contributed by atoms with van der Waals surface area (Å²) in [6.45, 7) is 3.71. The van der Waals surface area contributed by atoms with Gasteiger partial charge in [-0.05, 0) is 26.0 Å². The Bertz CT molecular complexity index is 362. The van der Waals surface area contributed by atoms with E-state index in [0.717, 1.165) is 0 Å². The predicted molar refractivity (Wildman–Crippen MR) is 57.8 cm³/mol. The van der Waals surface area contributed by atoms with Crippen molar-refractivity contribution in [2.24, 2.45) is 0 Å². The van der Waals surface area contributed by atoms with Crippen LogP contribution < -0.4 is 9.47 Å². The number of methoxy groups -OCH3 is 1. The van der Waals surface area contributed by atoms with Crippen LogP contribution in [0.1, 0.15) is 13.8 Å². The van der Waals surface area contributed by atoms with Gasteiger partial charge in [0.1, 0.15) is 16.4 Å². The first-order chi connectivity index (χ1) is 7.04. The van der Waals surface area contributed by atoms with Crippen LogP contribution in [-0.2, 0) is 11.1 Å². The average molecular weight is 230 g/mol. The monoisotopic (exact) mass is 230 g/mol. The predicted octanol–water partition coefficient (Wildman–Crippen LogP) is 2.06. The highest BCUT2D eigenvalue weighted by atomic mass is 32.2. The maximum Gasteiger partial charge on any atom is 0.190 e. The van der Waals surface area contributed by atoms with E-state index < -0.39 is 11.1 Å². The van der Waals surface area contributed by atoms with Gasteiger partial charge in [-0.2, -0.15) is 0 Å². The lowest BCUT2D eigenvalue weighted by molar-refractivity contribution is 0.235. The van der Waals surface area contributed by atoms with Crippen molar-refractivity contribution < 1.29 is 18.2 Å². The van der Waals surface area contributed by atoms with Gasteiger partial charge in [0.05, 0.1) is 13.2 Å². The van der Waals surface area contributed by atoms with Gasteiger partial charge in [-0.3, -0.25) is 0 Å². The molecule has 0 bridgehead atoms. The second-order valence-electron chi connectivity index (χ2n) is 3.23. The SMILES string of the molecule is COc1ccc(OC(C)C)c(S(=O)O)c1. The third-order valence-electron chi connectivity index (χ3n) is 1.70. The molecule has 15 heavy (non-hydrogen) atoms. The molecule has 0 saturated carbocycles. The van der Waals surface area contributed by atoms with Gasteiger partial charge in [0.2, 0.25) is 0 Å². The molecule has 0 radical (unpaired) electrons. The summed E-state index contributed by atoms with van der Waals surface area (Å²) in [6, 6.07) is 4.81. The summed E-state index contributed by atoms with van der Waals surface area (Å²) in [5.74, 6) is 0.940. The summed E-state index contributed by atoms with van der Waals surface area (Å²) >= 11 is -2.07. The van der Waals surface area contributed by atoms with Crippen molar-refractivity contribution in [3.63, 3.8) is 0 Å². The van der Waals surface area contributed by atoms with Crippen molar-refractivity contribution in [2.45, 2.75) is 24.8 Å². The van der Waals surface area contributed by atoms with Gasteiger partial charge in [-0.1, -0.05) is 0 Å². The van der Waals surface area contributed by atoms with E-state index in [1.165, 1.54) is 13.2 Å². The molecule has 1 unspecified atom stereocenters. The minimum atomic E-state index is -2.07. The van der Waals surface area contributed by atoms with Gasteiger partial charge in [-0.25, -0.2) is 4.21 Å². The van der Waals surface area contributed by atoms with Crippen molar-refractivity contribution in [3.05, 3.63) is 18.2 Å². The molecule has 0 fully saturated rings. The number of rotatable bonds is 4. The molecule has 5 heteroatoms. The van der Waals surface area contributed by atoms with Crippen LogP contribution in [-0.4, -0.2) is 22.0 Å². The molecule has 1 N–H and O–H groups in total. The Labute approximate surface area is 91.5 Å². The van der Waals surface area contributed by atoms with Crippen LogP contribution in [0.25, 0.3) is 0 Å². The van der Waals surface area contributed by atoms with Crippen LogP contribution in [0, 0.1) is 0 Å². The quantitative estimate of drug-likeness (QED) is 0.804. The molecule has 0 spiro atoms. The Morgan fingerprint density at radius 2 is 2.07 bits per heavy atom. The van der Waals surface area contributed by atoms with Gasteiger partial charge >= 0.3 is 0 Å². The number of hydrogen-bond acceptors (Lipinski definition) is 3. The summed E-state index contributed by atoms with van der Waals surface area (Å²) < 4.78 is 30.5. The highest BCUT2D eigenvalue weighted by Crippen LogP contribution is 2.27. The van der Waals surface area contributed by atoms with E-state index in [9.17, 15) is 4.21 Å². The van der Waals surface area contributed by atoms with Crippen molar-refractivity contribution in [1.29, 1.82) is 0 Å². The fraction of sp³-hybridized carbons (Fsp3) is 0.400. The maximum absolute atomic E-state index is 11.0. The van der Waals surface area contributed by atoms with E-state index in [0.29, 0.717) is 11.5 Å². The molecular formula is C10H14O4S. The molecule has 0 aliphatic heterocycles. The number of hydrogen-bond donors (Lipinski definition) is 1. The first-order valence-electron chi connectivity index (χ1n) is 4.50. The molecule has 0 aliphatic carbocycles. The van der Waals surface area contributed by atoms with Gasteiger partial charge in [-0.15, -0.1) is 0 Å². The lowest BCUT2D eigenvalue weighted by Gasteiger charge is -2.13. The van der Waals surface area contributed by atoms with Crippen LogP contribution >= 0.6 is 0 Å². The number of ether oxygens (including phenoxy) is 2. The lowest BCUT2D eigenvalue weighted by atomic mass is 10.3. The third kappa shape index (κ3) is 3.21. The van der Waals surface area contributed by atoms with Gasteiger partial charge < -0.3 is 14.0 Å². The zero-order valence-electron chi connectivity index (χ0n) is 8.89. The van der Waals surface area contributed by atoms with Crippen molar-refractivity contribution in [1.82, 2.24) is 0 Å². The highest BCUT2D eigenvalue weighted by Gasteiger charge is 2.11. The van der Waals surface area contributed by atoms with Gasteiger partial charge in [0.25, 0.3) is 0 Å². The Hall–Kier alpha value is -1.07. The van der Waals surface area contributed by atoms with Gasteiger partial charge in [0.15, 0.2) is 11.1 Å². The Morgan fingerprint density at radius 1 is 1.40 bits per heavy atom. The van der Waals surface area contributed by atoms with Crippen LogP contribution in [0.5, 0.6) is 11.5 Å². The van der Waals surface area contributed by atoms with Crippen molar-refractivity contribution >= 4 is 11.1 Å². The third-order valence-corrected chi connectivity index (χ3v) is 2.40. The summed E-state index contributed by atoms with van der Waals surface area (Å²) in [5.41, 5.74) is 0. The van der Waals surface area contributed by atoms with E-state index in [-0.39, 0.29) is 11.0 Å². The first kappa shape index (κ1) is 12.0. The molecule has 0 amide bonds. The van der Waals surface area contributed by atoms with E-state index in [1.807, 2.05) is 13.8 Å². The van der Waals surface area contributed by atoms with E-state index in [2.05, 4.69) is 0 Å². The second kappa shape index (κ2) is 5.14. The largest absolute Gasteiger partial charge is 0.497 e. The Balaban J connectivity index is 3.09. The normalized spacial score (nSPS) is 12.6. The molecule has 1 rings (SSSR count). The molecule has 1 aromatic rings. The molecular weight excluding hydrogens is 216 g/mol. The zero-order valence-corrected chi connectivity index (χ0v) is 9.71. The lowest BCUT2D eigenvalue weighted by Crippen LogP contribution is -2.08. The van der Waals surface area contributed by atoms with Crippen molar-refractivity contribution in [2.75, 3.05) is 7.11 Å². The molecule has 0 saturated heterocycles. The fourth-order valence-corrected chi connectivity index (χ4v) is 1.61. The van der Waals surface area contributed by atoms with Crippen LogP contribution in [0.3, 0.4) is 0 Å². The van der Waals surface area contributed by atoms with Crippen molar-refractivity contribution in [3.8, 4) is 11.5 Å².